The van der Waals surface area contributed by atoms with Crippen LogP contribution in [0.5, 0.6) is 5.75 Å². The molecule has 0 aliphatic rings. The van der Waals surface area contributed by atoms with Crippen LogP contribution in [0.2, 0.25) is 0 Å². The lowest BCUT2D eigenvalue weighted by molar-refractivity contribution is -0.141. The van der Waals surface area contributed by atoms with E-state index < -0.39 is 5.97 Å². The molecule has 0 fully saturated rings. The van der Waals surface area contributed by atoms with Crippen LogP contribution in [-0.2, 0) is 4.79 Å². The highest BCUT2D eigenvalue weighted by atomic mass is 79.9. The third-order valence-electron chi connectivity index (χ3n) is 2.87. The molecular formula is C13H18BrNO3. The zero-order valence-corrected chi connectivity index (χ0v) is 12.4. The van der Waals surface area contributed by atoms with Crippen molar-refractivity contribution in [3.63, 3.8) is 0 Å². The maximum Gasteiger partial charge on any atom is 0.306 e. The van der Waals surface area contributed by atoms with Gasteiger partial charge in [0.1, 0.15) is 5.75 Å². The smallest absolute Gasteiger partial charge is 0.306 e. The molecule has 0 bridgehead atoms. The number of carbonyl (C=O) groups is 1. The highest BCUT2D eigenvalue weighted by Crippen LogP contribution is 2.30. The summed E-state index contributed by atoms with van der Waals surface area (Å²) in [4.78, 5) is 12.8. The zero-order valence-electron chi connectivity index (χ0n) is 10.8. The van der Waals surface area contributed by atoms with Crippen LogP contribution in [0.4, 0.5) is 5.69 Å². The normalized spacial score (nSPS) is 12.0. The largest absolute Gasteiger partial charge is 0.495 e. The fourth-order valence-corrected chi connectivity index (χ4v) is 1.94. The number of halogens is 1. The summed E-state index contributed by atoms with van der Waals surface area (Å²) in [6.45, 7) is 2.38. The Bertz CT molecular complexity index is 423. The number of carboxylic acids is 1. The van der Waals surface area contributed by atoms with E-state index in [9.17, 15) is 4.79 Å². The van der Waals surface area contributed by atoms with Gasteiger partial charge in [-0.25, -0.2) is 0 Å². The Kier molecular flexibility index (Phi) is 5.47. The number of hydrogen-bond donors (Lipinski definition) is 1. The molecule has 0 heterocycles. The van der Waals surface area contributed by atoms with Crippen LogP contribution in [0.15, 0.2) is 22.7 Å². The molecule has 0 spiro atoms. The molecule has 0 aliphatic heterocycles. The lowest BCUT2D eigenvalue weighted by Gasteiger charge is -2.22. The van der Waals surface area contributed by atoms with Gasteiger partial charge in [0.05, 0.1) is 18.7 Å². The second kappa shape index (κ2) is 6.64. The van der Waals surface area contributed by atoms with E-state index in [0.29, 0.717) is 13.0 Å². The van der Waals surface area contributed by atoms with Crippen molar-refractivity contribution in [2.45, 2.75) is 13.3 Å². The molecule has 0 saturated heterocycles. The first kappa shape index (κ1) is 14.8. The van der Waals surface area contributed by atoms with E-state index in [2.05, 4.69) is 15.9 Å². The van der Waals surface area contributed by atoms with Gasteiger partial charge in [0.15, 0.2) is 0 Å². The van der Waals surface area contributed by atoms with Crippen LogP contribution < -0.4 is 9.64 Å². The van der Waals surface area contributed by atoms with Gasteiger partial charge >= 0.3 is 5.97 Å². The van der Waals surface area contributed by atoms with Crippen LogP contribution >= 0.6 is 15.9 Å². The molecule has 100 valence electrons. The van der Waals surface area contributed by atoms with Crippen LogP contribution in [-0.4, -0.2) is 31.8 Å². The van der Waals surface area contributed by atoms with Gasteiger partial charge in [0, 0.05) is 18.1 Å². The van der Waals surface area contributed by atoms with Gasteiger partial charge in [-0.05, 0) is 24.6 Å². The van der Waals surface area contributed by atoms with Crippen molar-refractivity contribution in [1.29, 1.82) is 0 Å². The van der Waals surface area contributed by atoms with E-state index in [0.717, 1.165) is 15.9 Å². The highest BCUT2D eigenvalue weighted by molar-refractivity contribution is 9.10. The van der Waals surface area contributed by atoms with Crippen molar-refractivity contribution in [3.05, 3.63) is 22.7 Å². The Morgan fingerprint density at radius 3 is 2.78 bits per heavy atom. The van der Waals surface area contributed by atoms with E-state index >= 15 is 0 Å². The van der Waals surface area contributed by atoms with Crippen LogP contribution in [0, 0.1) is 5.92 Å². The topological polar surface area (TPSA) is 49.8 Å². The maximum absolute atomic E-state index is 10.8. The summed E-state index contributed by atoms with van der Waals surface area (Å²) in [6.07, 6.45) is 0.599. The number of rotatable bonds is 6. The average Bonchev–Trinajstić information content (AvgIpc) is 2.35. The molecule has 1 aromatic carbocycles. The van der Waals surface area contributed by atoms with Crippen LogP contribution in [0.25, 0.3) is 0 Å². The molecule has 0 aliphatic carbocycles. The SMILES string of the molecule is COc1ccc(Br)cc1N(C)CCC(C)C(=O)O. The highest BCUT2D eigenvalue weighted by Gasteiger charge is 2.14. The number of ether oxygens (including phenoxy) is 1. The Labute approximate surface area is 116 Å². The Hall–Kier alpha value is -1.23. The third kappa shape index (κ3) is 3.91. The number of anilines is 1. The van der Waals surface area contributed by atoms with Crippen LogP contribution in [0.1, 0.15) is 13.3 Å². The quantitative estimate of drug-likeness (QED) is 0.876. The van der Waals surface area contributed by atoms with Gasteiger partial charge in [-0.15, -0.1) is 0 Å². The van der Waals surface area contributed by atoms with Gasteiger partial charge in [0.2, 0.25) is 0 Å². The number of aliphatic carboxylic acids is 1. The molecular weight excluding hydrogens is 298 g/mol. The number of methoxy groups -OCH3 is 1. The molecule has 0 saturated carbocycles. The molecule has 18 heavy (non-hydrogen) atoms. The maximum atomic E-state index is 10.8. The average molecular weight is 316 g/mol. The zero-order chi connectivity index (χ0) is 13.7. The lowest BCUT2D eigenvalue weighted by Crippen LogP contribution is -2.23. The van der Waals surface area contributed by atoms with Crippen molar-refractivity contribution in [1.82, 2.24) is 0 Å². The summed E-state index contributed by atoms with van der Waals surface area (Å²) in [5.74, 6) is -0.320. The fraction of sp³-hybridized carbons (Fsp3) is 0.462. The van der Waals surface area contributed by atoms with E-state index in [4.69, 9.17) is 9.84 Å². The molecule has 4 nitrogen and oxygen atoms in total. The summed E-state index contributed by atoms with van der Waals surface area (Å²) < 4.78 is 6.27. The number of hydrogen-bond acceptors (Lipinski definition) is 3. The van der Waals surface area contributed by atoms with E-state index in [1.54, 1.807) is 14.0 Å². The molecule has 0 amide bonds. The van der Waals surface area contributed by atoms with E-state index in [1.165, 1.54) is 0 Å². The lowest BCUT2D eigenvalue weighted by atomic mass is 10.1. The summed E-state index contributed by atoms with van der Waals surface area (Å²) in [6, 6.07) is 5.76. The minimum atomic E-state index is -0.760. The van der Waals surface area contributed by atoms with Gasteiger partial charge in [0.25, 0.3) is 0 Å². The van der Waals surface area contributed by atoms with Gasteiger partial charge < -0.3 is 14.7 Å². The first-order valence-corrected chi connectivity index (χ1v) is 6.52. The molecule has 0 radical (unpaired) electrons. The number of nitrogens with zero attached hydrogens (tertiary/aromatic N) is 1. The van der Waals surface area contributed by atoms with Crippen LogP contribution in [0.3, 0.4) is 0 Å². The minimum Gasteiger partial charge on any atom is -0.495 e. The van der Waals surface area contributed by atoms with Gasteiger partial charge in [-0.1, -0.05) is 22.9 Å². The van der Waals surface area contributed by atoms with E-state index in [1.807, 2.05) is 30.1 Å². The molecule has 1 unspecified atom stereocenters. The predicted octanol–water partition coefficient (Wildman–Crippen LogP) is 3.00. The van der Waals surface area contributed by atoms with Gasteiger partial charge in [-0.3, -0.25) is 4.79 Å². The first-order valence-electron chi connectivity index (χ1n) is 5.73. The predicted molar refractivity (Wildman–Crippen MR) is 75.4 cm³/mol. The molecule has 1 atom stereocenters. The summed E-state index contributed by atoms with van der Waals surface area (Å²) in [5.41, 5.74) is 0.949. The number of carboxylic acid groups (broad SMARTS) is 1. The molecule has 5 heteroatoms. The van der Waals surface area contributed by atoms with Crippen molar-refractivity contribution in [2.24, 2.45) is 5.92 Å². The Balaban J connectivity index is 2.74. The van der Waals surface area contributed by atoms with Crippen molar-refractivity contribution >= 4 is 27.6 Å². The monoisotopic (exact) mass is 315 g/mol. The molecule has 1 N–H and O–H groups in total. The second-order valence-corrected chi connectivity index (χ2v) is 5.18. The van der Waals surface area contributed by atoms with Gasteiger partial charge in [-0.2, -0.15) is 0 Å². The Morgan fingerprint density at radius 2 is 2.22 bits per heavy atom. The minimum absolute atomic E-state index is 0.342. The second-order valence-electron chi connectivity index (χ2n) is 4.27. The van der Waals surface area contributed by atoms with Crippen molar-refractivity contribution in [2.75, 3.05) is 25.6 Å². The molecule has 1 aromatic rings. The first-order chi connectivity index (χ1) is 8.45. The van der Waals surface area contributed by atoms with Crippen molar-refractivity contribution < 1.29 is 14.6 Å². The summed E-state index contributed by atoms with van der Waals surface area (Å²) in [5, 5.41) is 8.86. The number of benzene rings is 1. The summed E-state index contributed by atoms with van der Waals surface area (Å²) >= 11 is 3.42. The third-order valence-corrected chi connectivity index (χ3v) is 3.36. The molecule has 1 rings (SSSR count). The molecule has 0 aromatic heterocycles. The summed E-state index contributed by atoms with van der Waals surface area (Å²) in [7, 11) is 3.55. The fourth-order valence-electron chi connectivity index (χ4n) is 1.59. The van der Waals surface area contributed by atoms with Crippen molar-refractivity contribution in [3.8, 4) is 5.75 Å². The van der Waals surface area contributed by atoms with E-state index in [-0.39, 0.29) is 5.92 Å². The Morgan fingerprint density at radius 1 is 1.56 bits per heavy atom. The standard InChI is InChI=1S/C13H18BrNO3/c1-9(13(16)17)6-7-15(2)11-8-10(14)4-5-12(11)18-3/h4-5,8-9H,6-7H2,1-3H3,(H,16,17).